The molecule has 2 atom stereocenters. The number of hydrogen-bond acceptors (Lipinski definition) is 4. The zero-order valence-electron chi connectivity index (χ0n) is 18.0. The first kappa shape index (κ1) is 20.2. The standard InChI is InChI=1S/C25H28N2O3/c1-16-6-5-7-20(13-16)27-24(28)22(19-8-10-21(30-4)11-9-19)23(25(27)29)26-14-17(2)12-18(3)15-26/h5-11,13,17-18H,12,14-15H2,1-4H3. The number of methoxy groups -OCH3 is 1. The molecule has 30 heavy (non-hydrogen) atoms. The van der Waals surface area contributed by atoms with Gasteiger partial charge in [-0.05, 0) is 60.6 Å². The molecule has 0 bridgehead atoms. The second-order valence-electron chi connectivity index (χ2n) is 8.59. The number of aryl methyl sites for hydroxylation is 1. The van der Waals surface area contributed by atoms with Crippen LogP contribution in [0.5, 0.6) is 5.75 Å². The maximum Gasteiger partial charge on any atom is 0.282 e. The van der Waals surface area contributed by atoms with Crippen molar-refractivity contribution in [1.82, 2.24) is 4.90 Å². The van der Waals surface area contributed by atoms with Crippen molar-refractivity contribution >= 4 is 23.1 Å². The molecule has 5 heteroatoms. The predicted octanol–water partition coefficient (Wildman–Crippen LogP) is 4.27. The van der Waals surface area contributed by atoms with E-state index in [0.29, 0.717) is 34.5 Å². The number of anilines is 1. The van der Waals surface area contributed by atoms with E-state index < -0.39 is 0 Å². The Labute approximate surface area is 177 Å². The third-order valence-corrected chi connectivity index (χ3v) is 5.88. The lowest BCUT2D eigenvalue weighted by Gasteiger charge is -2.37. The Morgan fingerprint density at radius 2 is 1.60 bits per heavy atom. The summed E-state index contributed by atoms with van der Waals surface area (Å²) in [5.41, 5.74) is 3.36. The average molecular weight is 405 g/mol. The monoisotopic (exact) mass is 404 g/mol. The van der Waals surface area contributed by atoms with E-state index in [1.165, 1.54) is 4.90 Å². The van der Waals surface area contributed by atoms with Crippen LogP contribution < -0.4 is 9.64 Å². The van der Waals surface area contributed by atoms with Gasteiger partial charge in [-0.3, -0.25) is 9.59 Å². The third kappa shape index (κ3) is 3.60. The number of ether oxygens (including phenoxy) is 1. The lowest BCUT2D eigenvalue weighted by molar-refractivity contribution is -0.120. The number of rotatable bonds is 4. The van der Waals surface area contributed by atoms with Gasteiger partial charge >= 0.3 is 0 Å². The number of imide groups is 1. The minimum absolute atomic E-state index is 0.238. The second-order valence-corrected chi connectivity index (χ2v) is 8.59. The van der Waals surface area contributed by atoms with E-state index in [1.54, 1.807) is 7.11 Å². The van der Waals surface area contributed by atoms with Crippen LogP contribution in [-0.4, -0.2) is 36.9 Å². The van der Waals surface area contributed by atoms with Crippen LogP contribution >= 0.6 is 0 Å². The quantitative estimate of drug-likeness (QED) is 0.715. The summed E-state index contributed by atoms with van der Waals surface area (Å²) < 4.78 is 5.27. The highest BCUT2D eigenvalue weighted by atomic mass is 16.5. The smallest absolute Gasteiger partial charge is 0.282 e. The molecular formula is C25H28N2O3. The first-order valence-electron chi connectivity index (χ1n) is 10.5. The lowest BCUT2D eigenvalue weighted by atomic mass is 9.91. The maximum absolute atomic E-state index is 13.6. The van der Waals surface area contributed by atoms with Crippen molar-refractivity contribution in [1.29, 1.82) is 0 Å². The fourth-order valence-electron chi connectivity index (χ4n) is 4.68. The van der Waals surface area contributed by atoms with Crippen molar-refractivity contribution in [3.05, 3.63) is 65.4 Å². The Bertz CT molecular complexity index is 999. The summed E-state index contributed by atoms with van der Waals surface area (Å²) in [5.74, 6) is 1.14. The SMILES string of the molecule is COc1ccc(C2=C(N3CC(C)CC(C)C3)C(=O)N(c3cccc(C)c3)C2=O)cc1. The minimum Gasteiger partial charge on any atom is -0.497 e. The first-order valence-corrected chi connectivity index (χ1v) is 10.5. The highest BCUT2D eigenvalue weighted by Gasteiger charge is 2.43. The Balaban J connectivity index is 1.83. The number of likely N-dealkylation sites (tertiary alicyclic amines) is 1. The molecule has 0 N–H and O–H groups in total. The molecular weight excluding hydrogens is 376 g/mol. The molecule has 0 aromatic heterocycles. The molecule has 2 amide bonds. The Morgan fingerprint density at radius 1 is 0.933 bits per heavy atom. The molecule has 5 nitrogen and oxygen atoms in total. The Morgan fingerprint density at radius 3 is 2.20 bits per heavy atom. The van der Waals surface area contributed by atoms with E-state index in [2.05, 4.69) is 18.7 Å². The topological polar surface area (TPSA) is 49.9 Å². The predicted molar refractivity (Wildman–Crippen MR) is 118 cm³/mol. The molecule has 1 saturated heterocycles. The average Bonchev–Trinajstić information content (AvgIpc) is 2.97. The van der Waals surface area contributed by atoms with Gasteiger partial charge < -0.3 is 9.64 Å². The zero-order chi connectivity index (χ0) is 21.4. The highest BCUT2D eigenvalue weighted by molar-refractivity contribution is 6.45. The Kier molecular flexibility index (Phi) is 5.37. The Hall–Kier alpha value is -3.08. The van der Waals surface area contributed by atoms with Crippen LogP contribution in [0, 0.1) is 18.8 Å². The van der Waals surface area contributed by atoms with Crippen LogP contribution in [-0.2, 0) is 9.59 Å². The molecule has 156 valence electrons. The van der Waals surface area contributed by atoms with Gasteiger partial charge in [0, 0.05) is 13.1 Å². The summed E-state index contributed by atoms with van der Waals surface area (Å²) in [6.45, 7) is 7.92. The summed E-state index contributed by atoms with van der Waals surface area (Å²) in [7, 11) is 1.61. The number of hydrogen-bond donors (Lipinski definition) is 0. The van der Waals surface area contributed by atoms with Gasteiger partial charge in [0.05, 0.1) is 18.4 Å². The van der Waals surface area contributed by atoms with Crippen LogP contribution in [0.1, 0.15) is 31.4 Å². The fourth-order valence-corrected chi connectivity index (χ4v) is 4.68. The molecule has 2 unspecified atom stereocenters. The van der Waals surface area contributed by atoms with Gasteiger partial charge in [-0.25, -0.2) is 4.90 Å². The summed E-state index contributed by atoms with van der Waals surface area (Å²) >= 11 is 0. The van der Waals surface area contributed by atoms with Crippen LogP contribution in [0.4, 0.5) is 5.69 Å². The van der Waals surface area contributed by atoms with Crippen molar-refractivity contribution in [3.63, 3.8) is 0 Å². The number of benzene rings is 2. The zero-order valence-corrected chi connectivity index (χ0v) is 18.0. The number of amides is 2. The van der Waals surface area contributed by atoms with Crippen LogP contribution in [0.25, 0.3) is 5.57 Å². The molecule has 2 aliphatic rings. The van der Waals surface area contributed by atoms with E-state index in [-0.39, 0.29) is 11.8 Å². The fraction of sp³-hybridized carbons (Fsp3) is 0.360. The van der Waals surface area contributed by atoms with Gasteiger partial charge in [-0.15, -0.1) is 0 Å². The molecule has 2 heterocycles. The van der Waals surface area contributed by atoms with Gasteiger partial charge in [-0.2, -0.15) is 0 Å². The molecule has 2 aromatic rings. The summed E-state index contributed by atoms with van der Waals surface area (Å²) in [6, 6.07) is 14.9. The summed E-state index contributed by atoms with van der Waals surface area (Å²) in [5, 5.41) is 0. The first-order chi connectivity index (χ1) is 14.4. The van der Waals surface area contributed by atoms with Crippen molar-refractivity contribution in [2.24, 2.45) is 11.8 Å². The number of piperidine rings is 1. The molecule has 0 spiro atoms. The summed E-state index contributed by atoms with van der Waals surface area (Å²) in [6.07, 6.45) is 1.13. The van der Waals surface area contributed by atoms with E-state index in [1.807, 2.05) is 55.5 Å². The van der Waals surface area contributed by atoms with Crippen LogP contribution in [0.3, 0.4) is 0 Å². The number of nitrogens with zero attached hydrogens (tertiary/aromatic N) is 2. The van der Waals surface area contributed by atoms with Gasteiger partial charge in [-0.1, -0.05) is 38.1 Å². The lowest BCUT2D eigenvalue weighted by Crippen LogP contribution is -2.42. The minimum atomic E-state index is -0.267. The largest absolute Gasteiger partial charge is 0.497 e. The molecule has 2 aromatic carbocycles. The highest BCUT2D eigenvalue weighted by Crippen LogP contribution is 2.37. The van der Waals surface area contributed by atoms with Gasteiger partial charge in [0.25, 0.3) is 11.8 Å². The third-order valence-electron chi connectivity index (χ3n) is 5.88. The van der Waals surface area contributed by atoms with Gasteiger partial charge in [0.1, 0.15) is 11.4 Å². The molecule has 4 rings (SSSR count). The van der Waals surface area contributed by atoms with Crippen molar-refractivity contribution in [3.8, 4) is 5.75 Å². The molecule has 0 radical (unpaired) electrons. The van der Waals surface area contributed by atoms with Crippen LogP contribution in [0.2, 0.25) is 0 Å². The van der Waals surface area contributed by atoms with Crippen LogP contribution in [0.15, 0.2) is 54.2 Å². The number of carbonyl (C=O) groups excluding carboxylic acids is 2. The van der Waals surface area contributed by atoms with E-state index in [4.69, 9.17) is 4.74 Å². The molecule has 2 aliphatic heterocycles. The van der Waals surface area contributed by atoms with Crippen molar-refractivity contribution in [2.45, 2.75) is 27.2 Å². The normalized spacial score (nSPS) is 22.1. The van der Waals surface area contributed by atoms with E-state index in [0.717, 1.165) is 30.6 Å². The van der Waals surface area contributed by atoms with E-state index in [9.17, 15) is 9.59 Å². The van der Waals surface area contributed by atoms with Crippen molar-refractivity contribution < 1.29 is 14.3 Å². The second kappa shape index (κ2) is 7.98. The number of carbonyl (C=O) groups is 2. The van der Waals surface area contributed by atoms with Gasteiger partial charge in [0.2, 0.25) is 0 Å². The van der Waals surface area contributed by atoms with Gasteiger partial charge in [0.15, 0.2) is 0 Å². The molecule has 0 aliphatic carbocycles. The van der Waals surface area contributed by atoms with Crippen molar-refractivity contribution in [2.75, 3.05) is 25.1 Å². The summed E-state index contributed by atoms with van der Waals surface area (Å²) in [4.78, 5) is 30.7. The molecule has 1 fully saturated rings. The van der Waals surface area contributed by atoms with E-state index >= 15 is 0 Å². The maximum atomic E-state index is 13.6. The molecule has 0 saturated carbocycles.